The molecule has 1 radical (unpaired) electrons. The molecule has 1 heterocycles. The third-order valence-corrected chi connectivity index (χ3v) is 1.33. The van der Waals surface area contributed by atoms with Crippen molar-refractivity contribution in [2.45, 2.75) is 12.8 Å². The Balaban J connectivity index is 2.25. The predicted octanol–water partition coefficient (Wildman–Crippen LogP) is 0.768. The summed E-state index contributed by atoms with van der Waals surface area (Å²) >= 11 is 0. The number of rotatable bonds is 0. The molecule has 1 aliphatic rings. The molecule has 8 heavy (non-hydrogen) atoms. The molecule has 43 valence electrons. The molecular formula is C6H9N2. The predicted molar refractivity (Wildman–Crippen MR) is 30.7 cm³/mol. The van der Waals surface area contributed by atoms with Gasteiger partial charge in [0, 0.05) is 13.1 Å². The monoisotopic (exact) mass is 109 g/mol. The number of likely N-dealkylation sites (tertiary alicyclic amines) is 1. The molecule has 1 aliphatic heterocycles. The van der Waals surface area contributed by atoms with Crippen LogP contribution in [-0.2, 0) is 0 Å². The summed E-state index contributed by atoms with van der Waals surface area (Å²) < 4.78 is 0. The fourth-order valence-electron chi connectivity index (χ4n) is 0.856. The van der Waals surface area contributed by atoms with Gasteiger partial charge in [-0.3, -0.25) is 0 Å². The highest BCUT2D eigenvalue weighted by Crippen LogP contribution is 2.04. The topological polar surface area (TPSA) is 27.0 Å². The number of nitriles is 1. The Morgan fingerprint density at radius 3 is 2.88 bits per heavy atom. The Labute approximate surface area is 49.7 Å². The van der Waals surface area contributed by atoms with Crippen LogP contribution in [-0.4, -0.2) is 18.0 Å². The molecule has 0 unspecified atom stereocenters. The second-order valence-electron chi connectivity index (χ2n) is 1.98. The molecule has 0 aliphatic carbocycles. The minimum absolute atomic E-state index is 0.858. The van der Waals surface area contributed by atoms with Crippen LogP contribution in [0.2, 0.25) is 0 Å². The second-order valence-corrected chi connectivity index (χ2v) is 1.98. The summed E-state index contributed by atoms with van der Waals surface area (Å²) in [5, 5.41) is 8.35. The first-order chi connectivity index (χ1) is 3.93. The second kappa shape index (κ2) is 2.56. The van der Waals surface area contributed by atoms with Gasteiger partial charge in [0.2, 0.25) is 0 Å². The molecule has 2 heteroatoms. The maximum Gasteiger partial charge on any atom is 0.179 e. The normalized spacial score (nSPS) is 20.1. The van der Waals surface area contributed by atoms with E-state index in [0.29, 0.717) is 0 Å². The van der Waals surface area contributed by atoms with E-state index in [4.69, 9.17) is 5.26 Å². The van der Waals surface area contributed by atoms with Crippen molar-refractivity contribution >= 4 is 0 Å². The smallest absolute Gasteiger partial charge is 0.179 e. The molecule has 1 rings (SSSR count). The quantitative estimate of drug-likeness (QED) is 0.429. The van der Waals surface area contributed by atoms with Crippen LogP contribution >= 0.6 is 0 Å². The fourth-order valence-corrected chi connectivity index (χ4v) is 0.856. The van der Waals surface area contributed by atoms with Crippen LogP contribution in [0.1, 0.15) is 12.8 Å². The van der Waals surface area contributed by atoms with Crippen molar-refractivity contribution in [1.29, 1.82) is 5.26 Å². The van der Waals surface area contributed by atoms with Gasteiger partial charge in [0.25, 0.3) is 0 Å². The minimum Gasteiger partial charge on any atom is -0.310 e. The van der Waals surface area contributed by atoms with Gasteiger partial charge in [-0.15, -0.1) is 0 Å². The molecule has 1 fully saturated rings. The van der Waals surface area contributed by atoms with Gasteiger partial charge in [-0.05, 0) is 19.3 Å². The highest BCUT2D eigenvalue weighted by Gasteiger charge is 2.05. The Bertz CT molecular complexity index is 97.6. The lowest BCUT2D eigenvalue weighted by Crippen LogP contribution is -2.24. The molecule has 0 atom stereocenters. The first-order valence-corrected chi connectivity index (χ1v) is 2.90. The maximum atomic E-state index is 8.35. The van der Waals surface area contributed by atoms with E-state index in [-0.39, 0.29) is 0 Å². The van der Waals surface area contributed by atoms with Gasteiger partial charge in [-0.25, -0.2) is 0 Å². The van der Waals surface area contributed by atoms with Crippen LogP contribution in [0.15, 0.2) is 0 Å². The van der Waals surface area contributed by atoms with Gasteiger partial charge in [0.1, 0.15) is 0 Å². The van der Waals surface area contributed by atoms with E-state index in [2.05, 4.69) is 12.6 Å². The fraction of sp³-hybridized carbons (Fsp3) is 0.667. The summed E-state index contributed by atoms with van der Waals surface area (Å²) in [6.45, 7) is 1.81. The summed E-state index contributed by atoms with van der Waals surface area (Å²) in [7, 11) is 0. The summed E-state index contributed by atoms with van der Waals surface area (Å²) in [6, 6.07) is 0. The molecular weight excluding hydrogens is 100 g/mol. The van der Waals surface area contributed by atoms with Crippen molar-refractivity contribution in [1.82, 2.24) is 4.90 Å². The van der Waals surface area contributed by atoms with Crippen LogP contribution in [0, 0.1) is 17.9 Å². The lowest BCUT2D eigenvalue weighted by atomic mass is 10.1. The number of hydrogen-bond acceptors (Lipinski definition) is 2. The summed E-state index contributed by atoms with van der Waals surface area (Å²) in [5.74, 6) is 0. The zero-order valence-electron chi connectivity index (χ0n) is 4.80. The summed E-state index contributed by atoms with van der Waals surface area (Å²) in [4.78, 5) is 1.77. The number of piperidine rings is 1. The summed E-state index contributed by atoms with van der Waals surface area (Å²) in [5.41, 5.74) is 0. The summed E-state index contributed by atoms with van der Waals surface area (Å²) in [6.07, 6.45) is 6.58. The van der Waals surface area contributed by atoms with Gasteiger partial charge in [0.05, 0.1) is 0 Å². The Kier molecular flexibility index (Phi) is 1.74. The van der Waals surface area contributed by atoms with Crippen molar-refractivity contribution < 1.29 is 0 Å². The molecule has 0 spiro atoms. The Morgan fingerprint density at radius 1 is 1.62 bits per heavy atom. The standard InChI is InChI=1S/C6H9N2/c7-6-8-4-2-1-3-5-8/h2H,1,3-5H2. The molecule has 0 saturated carbocycles. The van der Waals surface area contributed by atoms with E-state index in [1.165, 1.54) is 6.42 Å². The van der Waals surface area contributed by atoms with Gasteiger partial charge in [-0.2, -0.15) is 5.26 Å². The van der Waals surface area contributed by atoms with Crippen LogP contribution in [0.25, 0.3) is 0 Å². The largest absolute Gasteiger partial charge is 0.310 e. The van der Waals surface area contributed by atoms with Gasteiger partial charge in [0.15, 0.2) is 6.19 Å². The van der Waals surface area contributed by atoms with Crippen LogP contribution < -0.4 is 0 Å². The van der Waals surface area contributed by atoms with Crippen LogP contribution in [0.4, 0.5) is 0 Å². The van der Waals surface area contributed by atoms with E-state index in [0.717, 1.165) is 19.5 Å². The number of nitrogens with zero attached hydrogens (tertiary/aromatic N) is 2. The third-order valence-electron chi connectivity index (χ3n) is 1.33. The van der Waals surface area contributed by atoms with E-state index in [9.17, 15) is 0 Å². The lowest BCUT2D eigenvalue weighted by molar-refractivity contribution is 0.370. The molecule has 1 saturated heterocycles. The average molecular weight is 109 g/mol. The van der Waals surface area contributed by atoms with E-state index in [1.54, 1.807) is 4.90 Å². The molecule has 0 amide bonds. The Hall–Kier alpha value is -0.710. The molecule has 0 N–H and O–H groups in total. The highest BCUT2D eigenvalue weighted by molar-refractivity contribution is 4.84. The molecule has 2 nitrogen and oxygen atoms in total. The van der Waals surface area contributed by atoms with Crippen molar-refractivity contribution in [3.05, 3.63) is 6.42 Å². The molecule has 0 aromatic heterocycles. The maximum absolute atomic E-state index is 8.35. The van der Waals surface area contributed by atoms with E-state index >= 15 is 0 Å². The zero-order valence-corrected chi connectivity index (χ0v) is 4.80. The van der Waals surface area contributed by atoms with Crippen LogP contribution in [0.5, 0.6) is 0 Å². The van der Waals surface area contributed by atoms with Crippen molar-refractivity contribution in [3.8, 4) is 6.19 Å². The van der Waals surface area contributed by atoms with Gasteiger partial charge >= 0.3 is 0 Å². The van der Waals surface area contributed by atoms with Gasteiger partial charge in [-0.1, -0.05) is 0 Å². The van der Waals surface area contributed by atoms with Gasteiger partial charge < -0.3 is 4.90 Å². The lowest BCUT2D eigenvalue weighted by Gasteiger charge is -2.19. The first-order valence-electron chi connectivity index (χ1n) is 2.90. The van der Waals surface area contributed by atoms with Crippen molar-refractivity contribution in [3.63, 3.8) is 0 Å². The first kappa shape index (κ1) is 5.43. The Morgan fingerprint density at radius 2 is 2.50 bits per heavy atom. The van der Waals surface area contributed by atoms with E-state index in [1.807, 2.05) is 0 Å². The average Bonchev–Trinajstić information content (AvgIpc) is 1.90. The minimum atomic E-state index is 0.858. The van der Waals surface area contributed by atoms with Crippen molar-refractivity contribution in [2.24, 2.45) is 0 Å². The number of hydrogen-bond donors (Lipinski definition) is 0. The third kappa shape index (κ3) is 1.13. The van der Waals surface area contributed by atoms with Crippen molar-refractivity contribution in [2.75, 3.05) is 13.1 Å². The highest BCUT2D eigenvalue weighted by atomic mass is 15.1. The molecule has 0 bridgehead atoms. The van der Waals surface area contributed by atoms with Crippen LogP contribution in [0.3, 0.4) is 0 Å². The zero-order chi connectivity index (χ0) is 5.82. The molecule has 0 aromatic rings. The van der Waals surface area contributed by atoms with E-state index < -0.39 is 0 Å². The SMILES string of the molecule is N#CN1C[CH]CCC1. The molecule has 0 aromatic carbocycles.